The minimum atomic E-state index is 0.00481. The van der Waals surface area contributed by atoms with E-state index in [0.29, 0.717) is 5.75 Å². The van der Waals surface area contributed by atoms with E-state index in [0.717, 1.165) is 18.4 Å². The molecule has 0 aliphatic heterocycles. The molecule has 0 saturated heterocycles. The van der Waals surface area contributed by atoms with Crippen LogP contribution < -0.4 is 0 Å². The Morgan fingerprint density at radius 3 is 2.05 bits per heavy atom. The fourth-order valence-corrected chi connectivity index (χ4v) is 3.50. The lowest BCUT2D eigenvalue weighted by atomic mass is 9.65. The third kappa shape index (κ3) is 2.14. The molecule has 1 fully saturated rings. The molecule has 0 unspecified atom stereocenters. The number of aromatic hydroxyl groups is 1. The van der Waals surface area contributed by atoms with Crippen LogP contribution in [0.4, 0.5) is 0 Å². The maximum Gasteiger partial charge on any atom is 0.119 e. The van der Waals surface area contributed by atoms with Crippen LogP contribution in [0.15, 0.2) is 54.6 Å². The zero-order valence-electron chi connectivity index (χ0n) is 11.2. The summed E-state index contributed by atoms with van der Waals surface area (Å²) in [7, 11) is 0. The van der Waals surface area contributed by atoms with Crippen molar-refractivity contribution in [1.82, 2.24) is 0 Å². The van der Waals surface area contributed by atoms with Crippen molar-refractivity contribution in [2.45, 2.75) is 37.5 Å². The Morgan fingerprint density at radius 2 is 1.37 bits per heavy atom. The van der Waals surface area contributed by atoms with E-state index >= 15 is 0 Å². The molecule has 1 nitrogen and oxygen atoms in total. The van der Waals surface area contributed by atoms with Crippen molar-refractivity contribution in [1.29, 1.82) is 0 Å². The Morgan fingerprint density at radius 1 is 0.737 bits per heavy atom. The zero-order chi connectivity index (χ0) is 13.1. The van der Waals surface area contributed by atoms with Gasteiger partial charge in [-0.15, -0.1) is 0 Å². The van der Waals surface area contributed by atoms with Gasteiger partial charge in [0.25, 0.3) is 0 Å². The monoisotopic (exact) mass is 252 g/mol. The highest BCUT2D eigenvalue weighted by atomic mass is 16.3. The Bertz CT molecular complexity index is 539. The molecule has 1 saturated carbocycles. The van der Waals surface area contributed by atoms with Gasteiger partial charge in [0, 0.05) is 11.0 Å². The van der Waals surface area contributed by atoms with Gasteiger partial charge >= 0.3 is 0 Å². The molecule has 0 radical (unpaired) electrons. The van der Waals surface area contributed by atoms with Crippen LogP contribution in [0.25, 0.3) is 0 Å². The molecule has 0 atom stereocenters. The van der Waals surface area contributed by atoms with Crippen molar-refractivity contribution in [2.75, 3.05) is 0 Å². The van der Waals surface area contributed by atoms with E-state index in [9.17, 15) is 5.11 Å². The summed E-state index contributed by atoms with van der Waals surface area (Å²) in [6, 6.07) is 18.5. The van der Waals surface area contributed by atoms with Crippen LogP contribution in [-0.4, -0.2) is 5.11 Å². The first-order valence-electron chi connectivity index (χ1n) is 7.17. The summed E-state index contributed by atoms with van der Waals surface area (Å²) in [5.41, 5.74) is 2.45. The van der Waals surface area contributed by atoms with Crippen molar-refractivity contribution >= 4 is 0 Å². The molecule has 1 aliphatic rings. The third-order valence-electron chi connectivity index (χ3n) is 4.45. The van der Waals surface area contributed by atoms with Gasteiger partial charge in [-0.05, 0) is 24.5 Å². The summed E-state index contributed by atoms with van der Waals surface area (Å²) in [5, 5.41) is 10.3. The highest BCUT2D eigenvalue weighted by molar-refractivity contribution is 5.46. The predicted molar refractivity (Wildman–Crippen MR) is 78.4 cm³/mol. The van der Waals surface area contributed by atoms with Gasteiger partial charge < -0.3 is 5.11 Å². The highest BCUT2D eigenvalue weighted by Gasteiger charge is 2.37. The second kappa shape index (κ2) is 5.08. The summed E-state index contributed by atoms with van der Waals surface area (Å²) in [6.45, 7) is 0. The molecule has 2 aromatic carbocycles. The number of rotatable bonds is 2. The largest absolute Gasteiger partial charge is 0.508 e. The Kier molecular flexibility index (Phi) is 3.29. The quantitative estimate of drug-likeness (QED) is 0.825. The maximum atomic E-state index is 10.3. The van der Waals surface area contributed by atoms with Crippen molar-refractivity contribution in [3.05, 3.63) is 65.7 Å². The van der Waals surface area contributed by atoms with Gasteiger partial charge in [-0.25, -0.2) is 0 Å². The lowest BCUT2D eigenvalue weighted by molar-refractivity contribution is 0.332. The molecule has 0 heterocycles. The van der Waals surface area contributed by atoms with E-state index in [2.05, 4.69) is 36.4 Å². The minimum Gasteiger partial charge on any atom is -0.508 e. The maximum absolute atomic E-state index is 10.3. The number of para-hydroxylation sites is 1. The summed E-state index contributed by atoms with van der Waals surface area (Å²) in [4.78, 5) is 0. The molecule has 1 N–H and O–H groups in total. The first-order chi connectivity index (χ1) is 9.33. The number of phenolic OH excluding ortho intramolecular Hbond substituents is 1. The topological polar surface area (TPSA) is 20.2 Å². The zero-order valence-corrected chi connectivity index (χ0v) is 11.2. The van der Waals surface area contributed by atoms with Crippen LogP contribution in [-0.2, 0) is 5.41 Å². The van der Waals surface area contributed by atoms with Gasteiger partial charge in [-0.2, -0.15) is 0 Å². The van der Waals surface area contributed by atoms with E-state index < -0.39 is 0 Å². The second-order valence-corrected chi connectivity index (χ2v) is 5.53. The van der Waals surface area contributed by atoms with Crippen LogP contribution in [0.3, 0.4) is 0 Å². The number of phenols is 1. The lowest BCUT2D eigenvalue weighted by Gasteiger charge is -2.38. The highest BCUT2D eigenvalue weighted by Crippen LogP contribution is 2.47. The van der Waals surface area contributed by atoms with Gasteiger partial charge in [-0.1, -0.05) is 67.8 Å². The first-order valence-corrected chi connectivity index (χ1v) is 7.17. The molecule has 1 heteroatoms. The molecule has 1 aliphatic carbocycles. The Hall–Kier alpha value is -1.76. The number of hydrogen-bond acceptors (Lipinski definition) is 1. The summed E-state index contributed by atoms with van der Waals surface area (Å²) in [5.74, 6) is 0.438. The molecule has 0 amide bonds. The van der Waals surface area contributed by atoms with Gasteiger partial charge in [0.05, 0.1) is 0 Å². The van der Waals surface area contributed by atoms with Gasteiger partial charge in [0.1, 0.15) is 5.75 Å². The van der Waals surface area contributed by atoms with E-state index in [1.807, 2.05) is 18.2 Å². The molecular formula is C18H20O. The first kappa shape index (κ1) is 12.3. The van der Waals surface area contributed by atoms with E-state index in [-0.39, 0.29) is 5.41 Å². The lowest BCUT2D eigenvalue weighted by Crippen LogP contribution is -2.30. The normalized spacial score (nSPS) is 18.1. The van der Waals surface area contributed by atoms with Crippen molar-refractivity contribution in [3.63, 3.8) is 0 Å². The molecule has 19 heavy (non-hydrogen) atoms. The molecule has 3 rings (SSSR count). The Balaban J connectivity index is 2.15. The van der Waals surface area contributed by atoms with E-state index in [4.69, 9.17) is 0 Å². The molecular weight excluding hydrogens is 232 g/mol. The van der Waals surface area contributed by atoms with E-state index in [1.54, 1.807) is 0 Å². The van der Waals surface area contributed by atoms with Crippen LogP contribution >= 0.6 is 0 Å². The summed E-state index contributed by atoms with van der Waals surface area (Å²) in [6.07, 6.45) is 6.05. The Labute approximate surface area is 114 Å². The van der Waals surface area contributed by atoms with Gasteiger partial charge in [-0.3, -0.25) is 0 Å². The molecule has 2 aromatic rings. The fourth-order valence-electron chi connectivity index (χ4n) is 3.50. The molecule has 0 bridgehead atoms. The number of benzene rings is 2. The molecule has 0 aromatic heterocycles. The fraction of sp³-hybridized carbons (Fsp3) is 0.333. The van der Waals surface area contributed by atoms with Crippen LogP contribution in [0.1, 0.15) is 43.2 Å². The third-order valence-corrected chi connectivity index (χ3v) is 4.45. The van der Waals surface area contributed by atoms with Crippen LogP contribution in [0.2, 0.25) is 0 Å². The van der Waals surface area contributed by atoms with Crippen LogP contribution in [0, 0.1) is 0 Å². The SMILES string of the molecule is Oc1ccccc1C1(c2ccccc2)CCCCC1. The minimum absolute atomic E-state index is 0.00481. The van der Waals surface area contributed by atoms with E-state index in [1.165, 1.54) is 24.8 Å². The van der Waals surface area contributed by atoms with Crippen molar-refractivity contribution < 1.29 is 5.11 Å². The summed E-state index contributed by atoms with van der Waals surface area (Å²) < 4.78 is 0. The predicted octanol–water partition coefficient (Wildman–Crippen LogP) is 4.64. The number of hydrogen-bond donors (Lipinski definition) is 1. The second-order valence-electron chi connectivity index (χ2n) is 5.53. The molecule has 0 spiro atoms. The van der Waals surface area contributed by atoms with Gasteiger partial charge in [0.2, 0.25) is 0 Å². The smallest absolute Gasteiger partial charge is 0.119 e. The average Bonchev–Trinajstić information content (AvgIpc) is 2.49. The van der Waals surface area contributed by atoms with Crippen molar-refractivity contribution in [3.8, 4) is 5.75 Å². The molecule has 98 valence electrons. The standard InChI is InChI=1S/C18H20O/c19-17-12-6-5-11-16(17)18(13-7-2-8-14-18)15-9-3-1-4-10-15/h1,3-6,9-12,19H,2,7-8,13-14H2. The summed E-state index contributed by atoms with van der Waals surface area (Å²) >= 11 is 0. The van der Waals surface area contributed by atoms with Gasteiger partial charge in [0.15, 0.2) is 0 Å². The average molecular weight is 252 g/mol. The van der Waals surface area contributed by atoms with Crippen LogP contribution in [0.5, 0.6) is 5.75 Å². The van der Waals surface area contributed by atoms with Crippen molar-refractivity contribution in [2.24, 2.45) is 0 Å².